The number of hydrogen-bond acceptors (Lipinski definition) is 4. The van der Waals surface area contributed by atoms with Crippen molar-refractivity contribution in [3.05, 3.63) is 88.7 Å². The highest BCUT2D eigenvalue weighted by Gasteiger charge is 2.17. The van der Waals surface area contributed by atoms with Crippen LogP contribution in [0.25, 0.3) is 0 Å². The van der Waals surface area contributed by atoms with Crippen LogP contribution in [0, 0.1) is 12.7 Å². The van der Waals surface area contributed by atoms with Crippen molar-refractivity contribution in [2.75, 3.05) is 11.1 Å². The normalized spacial score (nSPS) is 13.0. The van der Waals surface area contributed by atoms with Gasteiger partial charge in [0.2, 0.25) is 5.91 Å². The third-order valence-corrected chi connectivity index (χ3v) is 5.94. The molecule has 3 aromatic carbocycles. The number of thioether (sulfide) groups is 1. The van der Waals surface area contributed by atoms with Crippen molar-refractivity contribution in [1.82, 2.24) is 0 Å². The topological polar surface area (TPSA) is 53.8 Å². The zero-order chi connectivity index (χ0) is 21.8. The van der Waals surface area contributed by atoms with Crippen molar-refractivity contribution < 1.29 is 9.18 Å². The third-order valence-electron chi connectivity index (χ3n) is 4.71. The lowest BCUT2D eigenvalue weighted by atomic mass is 10.1. The van der Waals surface area contributed by atoms with Gasteiger partial charge in [-0.25, -0.2) is 9.38 Å². The molecule has 1 heterocycles. The van der Waals surface area contributed by atoms with E-state index < -0.39 is 0 Å². The summed E-state index contributed by atoms with van der Waals surface area (Å²) >= 11 is 7.40. The van der Waals surface area contributed by atoms with Crippen LogP contribution in [0.4, 0.5) is 21.5 Å². The maximum absolute atomic E-state index is 13.3. The molecule has 4 nitrogen and oxygen atoms in total. The van der Waals surface area contributed by atoms with Gasteiger partial charge in [-0.15, -0.1) is 11.8 Å². The summed E-state index contributed by atoms with van der Waals surface area (Å²) in [6.45, 7) is 1.76. The van der Waals surface area contributed by atoms with Crippen molar-refractivity contribution in [2.45, 2.75) is 13.3 Å². The molecule has 1 aliphatic heterocycles. The van der Waals surface area contributed by atoms with Crippen LogP contribution in [0.15, 0.2) is 76.7 Å². The Labute approximate surface area is 189 Å². The van der Waals surface area contributed by atoms with Gasteiger partial charge in [0.05, 0.1) is 27.9 Å². The van der Waals surface area contributed by atoms with E-state index in [9.17, 15) is 9.18 Å². The van der Waals surface area contributed by atoms with Gasteiger partial charge < -0.3 is 5.32 Å². The molecule has 0 radical (unpaired) electrons. The number of benzene rings is 3. The van der Waals surface area contributed by atoms with Gasteiger partial charge in [-0.1, -0.05) is 35.9 Å². The van der Waals surface area contributed by atoms with Crippen molar-refractivity contribution in [3.63, 3.8) is 0 Å². The molecule has 156 valence electrons. The second-order valence-corrected chi connectivity index (χ2v) is 8.52. The zero-order valence-corrected chi connectivity index (χ0v) is 18.3. The van der Waals surface area contributed by atoms with Gasteiger partial charge in [0, 0.05) is 17.1 Å². The number of rotatable bonds is 4. The van der Waals surface area contributed by atoms with E-state index >= 15 is 0 Å². The van der Waals surface area contributed by atoms with Crippen LogP contribution in [0.5, 0.6) is 0 Å². The second kappa shape index (κ2) is 9.45. The number of nitrogens with one attached hydrogen (secondary N) is 1. The minimum absolute atomic E-state index is 0.176. The summed E-state index contributed by atoms with van der Waals surface area (Å²) in [5.74, 6) is -0.318. The highest BCUT2D eigenvalue weighted by atomic mass is 35.5. The van der Waals surface area contributed by atoms with Gasteiger partial charge >= 0.3 is 0 Å². The van der Waals surface area contributed by atoms with E-state index in [0.717, 1.165) is 27.7 Å². The first-order chi connectivity index (χ1) is 15.0. The molecular formula is C24H19ClFN3OS. The van der Waals surface area contributed by atoms with Crippen LogP contribution in [0.3, 0.4) is 0 Å². The van der Waals surface area contributed by atoms with Crippen LogP contribution in [0.2, 0.25) is 5.02 Å². The van der Waals surface area contributed by atoms with Gasteiger partial charge in [-0.05, 0) is 60.5 Å². The molecule has 7 heteroatoms. The number of carbonyl (C=O) groups excluding carboxylic acids is 1. The predicted octanol–water partition coefficient (Wildman–Crippen LogP) is 6.71. The Bertz CT molecular complexity index is 1190. The van der Waals surface area contributed by atoms with E-state index in [1.165, 1.54) is 23.9 Å². The number of anilines is 1. The molecule has 31 heavy (non-hydrogen) atoms. The molecule has 0 saturated heterocycles. The van der Waals surface area contributed by atoms with Crippen LogP contribution in [-0.4, -0.2) is 22.4 Å². The first-order valence-electron chi connectivity index (χ1n) is 9.67. The van der Waals surface area contributed by atoms with Gasteiger partial charge in [0.1, 0.15) is 5.82 Å². The van der Waals surface area contributed by atoms with Crippen molar-refractivity contribution >= 4 is 57.1 Å². The molecule has 1 aliphatic rings. The maximum Gasteiger partial charge on any atom is 0.234 e. The minimum atomic E-state index is -0.328. The van der Waals surface area contributed by atoms with Crippen molar-refractivity contribution in [1.29, 1.82) is 0 Å². The molecule has 4 rings (SSSR count). The highest BCUT2D eigenvalue weighted by Crippen LogP contribution is 2.33. The van der Waals surface area contributed by atoms with E-state index in [4.69, 9.17) is 21.6 Å². The Morgan fingerprint density at radius 2 is 1.77 bits per heavy atom. The SMILES string of the molecule is Cc1cc(F)ccc1NC(=O)CSC1=Nc2ccccc2N=C(c2ccc(Cl)cc2)C1. The molecule has 0 aliphatic carbocycles. The summed E-state index contributed by atoms with van der Waals surface area (Å²) in [4.78, 5) is 22.1. The zero-order valence-electron chi connectivity index (χ0n) is 16.7. The summed E-state index contributed by atoms with van der Waals surface area (Å²) in [5.41, 5.74) is 4.65. The molecule has 1 amide bonds. The quantitative estimate of drug-likeness (QED) is 0.479. The Balaban J connectivity index is 1.52. The number of carbonyl (C=O) groups is 1. The lowest BCUT2D eigenvalue weighted by molar-refractivity contribution is -0.113. The van der Waals surface area contributed by atoms with E-state index in [0.29, 0.717) is 22.7 Å². The molecule has 0 bridgehead atoms. The standard InChI is InChI=1S/C24H19ClFN3OS/c1-15-12-18(26)10-11-19(15)28-23(30)14-31-24-13-22(16-6-8-17(25)9-7-16)27-20-4-2-3-5-21(20)29-24/h2-12H,13-14H2,1H3,(H,28,30). The average Bonchev–Trinajstić information content (AvgIpc) is 2.94. The number of halogens is 2. The van der Waals surface area contributed by atoms with Crippen LogP contribution in [0.1, 0.15) is 17.5 Å². The number of aryl methyl sites for hydroxylation is 1. The molecular weight excluding hydrogens is 433 g/mol. The Morgan fingerprint density at radius 1 is 1.06 bits per heavy atom. The number of aliphatic imine (C=N–C) groups is 2. The third kappa shape index (κ3) is 5.40. The van der Waals surface area contributed by atoms with Crippen LogP contribution in [-0.2, 0) is 4.79 Å². The molecule has 3 aromatic rings. The molecule has 0 fully saturated rings. The van der Waals surface area contributed by atoms with Crippen LogP contribution < -0.4 is 5.32 Å². The highest BCUT2D eigenvalue weighted by molar-refractivity contribution is 8.14. The van der Waals surface area contributed by atoms with E-state index in [1.54, 1.807) is 13.0 Å². The fraction of sp³-hybridized carbons (Fsp3) is 0.125. The number of para-hydroxylation sites is 2. The van der Waals surface area contributed by atoms with Crippen LogP contribution >= 0.6 is 23.4 Å². The lowest BCUT2D eigenvalue weighted by Crippen LogP contribution is -2.17. The lowest BCUT2D eigenvalue weighted by Gasteiger charge is -2.10. The second-order valence-electron chi connectivity index (χ2n) is 7.03. The summed E-state index contributed by atoms with van der Waals surface area (Å²) in [5, 5.41) is 4.29. The monoisotopic (exact) mass is 451 g/mol. The molecule has 0 unspecified atom stereocenters. The first-order valence-corrected chi connectivity index (χ1v) is 11.0. The largest absolute Gasteiger partial charge is 0.325 e. The van der Waals surface area contributed by atoms with Crippen molar-refractivity contribution in [2.24, 2.45) is 9.98 Å². The maximum atomic E-state index is 13.3. The molecule has 0 atom stereocenters. The summed E-state index contributed by atoms with van der Waals surface area (Å²) < 4.78 is 13.3. The smallest absolute Gasteiger partial charge is 0.234 e. The summed E-state index contributed by atoms with van der Waals surface area (Å²) in [6, 6.07) is 19.5. The van der Waals surface area contributed by atoms with Gasteiger partial charge in [0.15, 0.2) is 0 Å². The fourth-order valence-electron chi connectivity index (χ4n) is 3.15. The predicted molar refractivity (Wildman–Crippen MR) is 128 cm³/mol. The Morgan fingerprint density at radius 3 is 2.48 bits per heavy atom. The van der Waals surface area contributed by atoms with E-state index in [-0.39, 0.29) is 17.5 Å². The molecule has 1 N–H and O–H groups in total. The molecule has 0 aromatic heterocycles. The molecule has 0 spiro atoms. The summed E-state index contributed by atoms with van der Waals surface area (Å²) in [6.07, 6.45) is 0.504. The Kier molecular flexibility index (Phi) is 6.49. The summed E-state index contributed by atoms with van der Waals surface area (Å²) in [7, 11) is 0. The minimum Gasteiger partial charge on any atom is -0.325 e. The first kappa shape index (κ1) is 21.3. The Hall–Kier alpha value is -2.96. The van der Waals surface area contributed by atoms with Gasteiger partial charge in [-0.2, -0.15) is 0 Å². The van der Waals surface area contributed by atoms with Gasteiger partial charge in [-0.3, -0.25) is 9.79 Å². The van der Waals surface area contributed by atoms with E-state index in [2.05, 4.69) is 5.32 Å². The average molecular weight is 452 g/mol. The number of amides is 1. The number of hydrogen-bond donors (Lipinski definition) is 1. The van der Waals surface area contributed by atoms with Crippen molar-refractivity contribution in [3.8, 4) is 0 Å². The van der Waals surface area contributed by atoms with E-state index in [1.807, 2.05) is 48.5 Å². The fourth-order valence-corrected chi connectivity index (χ4v) is 4.05. The number of fused-ring (bicyclic) bond motifs is 1. The van der Waals surface area contributed by atoms with Gasteiger partial charge in [0.25, 0.3) is 0 Å². The number of nitrogens with zero attached hydrogens (tertiary/aromatic N) is 2. The molecule has 0 saturated carbocycles.